The summed E-state index contributed by atoms with van der Waals surface area (Å²) in [6, 6.07) is 1.48. The molecule has 1 rings (SSSR count). The molecule has 0 fully saturated rings. The van der Waals surface area contributed by atoms with E-state index < -0.39 is 0 Å². The lowest BCUT2D eigenvalue weighted by Gasteiger charge is -2.24. The molecule has 0 spiro atoms. The number of hydrogen-bond acceptors (Lipinski definition) is 4. The van der Waals surface area contributed by atoms with Crippen molar-refractivity contribution in [3.05, 3.63) is 18.5 Å². The number of pyridine rings is 1. The van der Waals surface area contributed by atoms with Gasteiger partial charge < -0.3 is 16.0 Å². The first kappa shape index (κ1) is 13.3. The van der Waals surface area contributed by atoms with Gasteiger partial charge in [0.2, 0.25) is 5.91 Å². The third-order valence-corrected chi connectivity index (χ3v) is 2.59. The summed E-state index contributed by atoms with van der Waals surface area (Å²) in [5.74, 6) is 0.0809. The van der Waals surface area contributed by atoms with Crippen molar-refractivity contribution in [1.82, 2.24) is 9.88 Å². The van der Waals surface area contributed by atoms with Crippen molar-refractivity contribution >= 4 is 17.3 Å². The highest BCUT2D eigenvalue weighted by Crippen LogP contribution is 2.11. The molecule has 0 aliphatic heterocycles. The van der Waals surface area contributed by atoms with Crippen molar-refractivity contribution in [2.45, 2.75) is 26.8 Å². The Morgan fingerprint density at radius 1 is 1.47 bits per heavy atom. The van der Waals surface area contributed by atoms with Crippen molar-refractivity contribution in [1.29, 1.82) is 0 Å². The molecule has 0 aromatic carbocycles. The van der Waals surface area contributed by atoms with Crippen LogP contribution in [0.2, 0.25) is 0 Å². The number of nitrogen functional groups attached to an aromatic ring is 1. The van der Waals surface area contributed by atoms with Crippen LogP contribution >= 0.6 is 0 Å². The van der Waals surface area contributed by atoms with E-state index in [9.17, 15) is 4.79 Å². The fourth-order valence-electron chi connectivity index (χ4n) is 1.66. The van der Waals surface area contributed by atoms with E-state index in [1.165, 1.54) is 0 Å². The van der Waals surface area contributed by atoms with Gasteiger partial charge in [0.25, 0.3) is 0 Å². The van der Waals surface area contributed by atoms with Crippen LogP contribution in [0.5, 0.6) is 0 Å². The molecule has 0 saturated carbocycles. The lowest BCUT2D eigenvalue weighted by Crippen LogP contribution is -2.41. The van der Waals surface area contributed by atoms with Gasteiger partial charge in [-0.1, -0.05) is 0 Å². The van der Waals surface area contributed by atoms with Gasteiger partial charge in [0.05, 0.1) is 17.6 Å². The Bertz CT molecular complexity index is 377. The van der Waals surface area contributed by atoms with Gasteiger partial charge >= 0.3 is 0 Å². The molecule has 17 heavy (non-hydrogen) atoms. The quantitative estimate of drug-likeness (QED) is 0.809. The summed E-state index contributed by atoms with van der Waals surface area (Å²) in [7, 11) is 0. The van der Waals surface area contributed by atoms with E-state index in [1.54, 1.807) is 23.4 Å². The number of nitrogens with zero attached hydrogens (tertiary/aromatic N) is 2. The number of anilines is 2. The third kappa shape index (κ3) is 3.62. The van der Waals surface area contributed by atoms with Crippen LogP contribution in [-0.2, 0) is 4.79 Å². The van der Waals surface area contributed by atoms with Crippen LogP contribution in [0.3, 0.4) is 0 Å². The molecular weight excluding hydrogens is 216 g/mol. The zero-order valence-electron chi connectivity index (χ0n) is 10.6. The number of nitrogens with two attached hydrogens (primary N) is 1. The van der Waals surface area contributed by atoms with Gasteiger partial charge in [-0.3, -0.25) is 9.78 Å². The van der Waals surface area contributed by atoms with E-state index >= 15 is 0 Å². The second-order valence-electron chi connectivity index (χ2n) is 3.88. The highest BCUT2D eigenvalue weighted by Gasteiger charge is 2.17. The summed E-state index contributed by atoms with van der Waals surface area (Å²) in [5.41, 5.74) is 6.97. The Morgan fingerprint density at radius 3 is 2.65 bits per heavy atom. The van der Waals surface area contributed by atoms with Crippen molar-refractivity contribution < 1.29 is 4.79 Å². The van der Waals surface area contributed by atoms with Crippen molar-refractivity contribution in [2.75, 3.05) is 24.1 Å². The molecular formula is C12H20N4O. The largest absolute Gasteiger partial charge is 0.397 e. The number of hydrogen-bond donors (Lipinski definition) is 2. The zero-order valence-corrected chi connectivity index (χ0v) is 10.6. The monoisotopic (exact) mass is 236 g/mol. The lowest BCUT2D eigenvalue weighted by atomic mass is 10.2. The van der Waals surface area contributed by atoms with Gasteiger partial charge in [-0.2, -0.15) is 0 Å². The highest BCUT2D eigenvalue weighted by atomic mass is 16.2. The fraction of sp³-hybridized carbons (Fsp3) is 0.500. The summed E-state index contributed by atoms with van der Waals surface area (Å²) < 4.78 is 0. The number of nitrogens with one attached hydrogen (secondary N) is 1. The van der Waals surface area contributed by atoms with Gasteiger partial charge in [-0.15, -0.1) is 0 Å². The standard InChI is InChI=1S/C12H20N4O/c1-4-16(5-2)12(17)9(3)15-11-6-10(13)7-14-8-11/h6-9,15H,4-5,13H2,1-3H3. The SMILES string of the molecule is CCN(CC)C(=O)C(C)Nc1cncc(N)c1. The van der Waals surface area contributed by atoms with Crippen molar-refractivity contribution in [2.24, 2.45) is 0 Å². The van der Waals surface area contributed by atoms with E-state index in [0.717, 1.165) is 18.8 Å². The number of aromatic nitrogens is 1. The molecule has 1 amide bonds. The van der Waals surface area contributed by atoms with Crippen LogP contribution in [0.4, 0.5) is 11.4 Å². The van der Waals surface area contributed by atoms with E-state index in [-0.39, 0.29) is 11.9 Å². The van der Waals surface area contributed by atoms with E-state index in [1.807, 2.05) is 20.8 Å². The molecule has 0 aliphatic rings. The minimum Gasteiger partial charge on any atom is -0.397 e. The molecule has 0 radical (unpaired) electrons. The first-order chi connectivity index (χ1) is 8.08. The highest BCUT2D eigenvalue weighted by molar-refractivity contribution is 5.84. The van der Waals surface area contributed by atoms with Crippen LogP contribution in [0.15, 0.2) is 18.5 Å². The summed E-state index contributed by atoms with van der Waals surface area (Å²) in [6.45, 7) is 7.21. The van der Waals surface area contributed by atoms with Gasteiger partial charge in [0.15, 0.2) is 0 Å². The number of amides is 1. The first-order valence-corrected chi connectivity index (χ1v) is 5.84. The molecule has 1 aromatic rings. The smallest absolute Gasteiger partial charge is 0.244 e. The number of rotatable bonds is 5. The molecule has 0 saturated heterocycles. The Hall–Kier alpha value is -1.78. The van der Waals surface area contributed by atoms with Gasteiger partial charge in [-0.25, -0.2) is 0 Å². The molecule has 1 aromatic heterocycles. The second-order valence-corrected chi connectivity index (χ2v) is 3.88. The normalized spacial score (nSPS) is 11.9. The van der Waals surface area contributed by atoms with Crippen molar-refractivity contribution in [3.8, 4) is 0 Å². The van der Waals surface area contributed by atoms with E-state index in [0.29, 0.717) is 5.69 Å². The van der Waals surface area contributed by atoms with Crippen molar-refractivity contribution in [3.63, 3.8) is 0 Å². The van der Waals surface area contributed by atoms with Crippen LogP contribution in [-0.4, -0.2) is 34.9 Å². The topological polar surface area (TPSA) is 71.2 Å². The van der Waals surface area contributed by atoms with Gasteiger partial charge in [0, 0.05) is 19.3 Å². The number of likely N-dealkylation sites (N-methyl/N-ethyl adjacent to an activating group) is 1. The first-order valence-electron chi connectivity index (χ1n) is 5.84. The molecule has 1 unspecified atom stereocenters. The summed E-state index contributed by atoms with van der Waals surface area (Å²) in [5, 5.41) is 3.10. The molecule has 1 atom stereocenters. The molecule has 5 nitrogen and oxygen atoms in total. The summed E-state index contributed by atoms with van der Waals surface area (Å²) in [4.78, 5) is 17.8. The lowest BCUT2D eigenvalue weighted by molar-refractivity contribution is -0.131. The van der Waals surface area contributed by atoms with Gasteiger partial charge in [-0.05, 0) is 26.8 Å². The molecule has 1 heterocycles. The predicted molar refractivity (Wildman–Crippen MR) is 69.7 cm³/mol. The average Bonchev–Trinajstić information content (AvgIpc) is 2.30. The minimum absolute atomic E-state index is 0.0809. The maximum absolute atomic E-state index is 12.0. The molecule has 94 valence electrons. The molecule has 0 bridgehead atoms. The fourth-order valence-corrected chi connectivity index (χ4v) is 1.66. The van der Waals surface area contributed by atoms with Crippen LogP contribution in [0.1, 0.15) is 20.8 Å². The maximum Gasteiger partial charge on any atom is 0.244 e. The van der Waals surface area contributed by atoms with Gasteiger partial charge in [0.1, 0.15) is 6.04 Å². The Morgan fingerprint density at radius 2 is 2.12 bits per heavy atom. The Balaban J connectivity index is 2.65. The molecule has 3 N–H and O–H groups in total. The van der Waals surface area contributed by atoms with Crippen LogP contribution in [0, 0.1) is 0 Å². The second kappa shape index (κ2) is 6.08. The Kier molecular flexibility index (Phi) is 4.75. The van der Waals surface area contributed by atoms with E-state index in [2.05, 4.69) is 10.3 Å². The zero-order chi connectivity index (χ0) is 12.8. The Labute approximate surface area is 102 Å². The predicted octanol–water partition coefficient (Wildman–Crippen LogP) is 1.33. The summed E-state index contributed by atoms with van der Waals surface area (Å²) in [6.07, 6.45) is 3.23. The molecule has 5 heteroatoms. The number of carbonyl (C=O) groups is 1. The minimum atomic E-state index is -0.279. The molecule has 0 aliphatic carbocycles. The van der Waals surface area contributed by atoms with E-state index in [4.69, 9.17) is 5.73 Å². The number of carbonyl (C=O) groups excluding carboxylic acids is 1. The average molecular weight is 236 g/mol. The summed E-state index contributed by atoms with van der Waals surface area (Å²) >= 11 is 0. The maximum atomic E-state index is 12.0. The third-order valence-electron chi connectivity index (χ3n) is 2.59. The van der Waals surface area contributed by atoms with Crippen LogP contribution in [0.25, 0.3) is 0 Å². The van der Waals surface area contributed by atoms with Crippen LogP contribution < -0.4 is 11.1 Å².